The fraction of sp³-hybridized carbons (Fsp3) is 0.417. The molecule has 0 unspecified atom stereocenters. The van der Waals surface area contributed by atoms with Gasteiger partial charge in [-0.05, 0) is 89.0 Å². The SMILES string of the molecule is Cc1cc([C@H]2[C@@H](c3ccccn3)NC(=S)N2CCCN(C)C)c(C)n1Cc1ccco1. The Morgan fingerprint density at radius 2 is 2.03 bits per heavy atom. The fourth-order valence-corrected chi connectivity index (χ4v) is 4.80. The maximum absolute atomic E-state index is 5.80. The van der Waals surface area contributed by atoms with Crippen LogP contribution >= 0.6 is 12.2 Å². The van der Waals surface area contributed by atoms with Crippen molar-refractivity contribution in [2.24, 2.45) is 0 Å². The number of nitrogens with zero attached hydrogens (tertiary/aromatic N) is 4. The summed E-state index contributed by atoms with van der Waals surface area (Å²) in [7, 11) is 4.22. The van der Waals surface area contributed by atoms with E-state index in [1.54, 1.807) is 6.26 Å². The van der Waals surface area contributed by atoms with Crippen molar-refractivity contribution in [2.75, 3.05) is 27.2 Å². The Morgan fingerprint density at radius 3 is 2.71 bits per heavy atom. The molecule has 1 aliphatic rings. The highest BCUT2D eigenvalue weighted by atomic mass is 32.1. The van der Waals surface area contributed by atoms with Crippen molar-refractivity contribution in [1.29, 1.82) is 0 Å². The van der Waals surface area contributed by atoms with E-state index in [0.717, 1.165) is 42.6 Å². The van der Waals surface area contributed by atoms with Crippen molar-refractivity contribution in [3.05, 3.63) is 77.3 Å². The molecule has 164 valence electrons. The summed E-state index contributed by atoms with van der Waals surface area (Å²) < 4.78 is 7.93. The van der Waals surface area contributed by atoms with Crippen molar-refractivity contribution in [2.45, 2.75) is 38.9 Å². The number of thiocarbonyl (C=S) groups is 1. The van der Waals surface area contributed by atoms with Gasteiger partial charge in [-0.15, -0.1) is 0 Å². The lowest BCUT2D eigenvalue weighted by atomic mass is 9.96. The Kier molecular flexibility index (Phi) is 6.43. The average molecular weight is 438 g/mol. The largest absolute Gasteiger partial charge is 0.467 e. The topological polar surface area (TPSA) is 49.5 Å². The van der Waals surface area contributed by atoms with E-state index >= 15 is 0 Å². The Balaban J connectivity index is 1.70. The minimum Gasteiger partial charge on any atom is -0.467 e. The first kappa shape index (κ1) is 21.6. The van der Waals surface area contributed by atoms with E-state index in [9.17, 15) is 0 Å². The molecule has 3 aromatic rings. The van der Waals surface area contributed by atoms with Crippen LogP contribution in [0.5, 0.6) is 0 Å². The fourth-order valence-electron chi connectivity index (χ4n) is 4.47. The van der Waals surface area contributed by atoms with Gasteiger partial charge >= 0.3 is 0 Å². The zero-order valence-electron chi connectivity index (χ0n) is 18.7. The highest BCUT2D eigenvalue weighted by Gasteiger charge is 2.41. The maximum Gasteiger partial charge on any atom is 0.170 e. The first-order valence-corrected chi connectivity index (χ1v) is 11.2. The molecule has 7 heteroatoms. The second kappa shape index (κ2) is 9.24. The molecule has 1 N–H and O–H groups in total. The predicted octanol–water partition coefficient (Wildman–Crippen LogP) is 4.07. The smallest absolute Gasteiger partial charge is 0.170 e. The molecule has 1 aliphatic heterocycles. The van der Waals surface area contributed by atoms with Gasteiger partial charge < -0.3 is 24.1 Å². The van der Waals surface area contributed by atoms with Crippen LogP contribution in [0.25, 0.3) is 0 Å². The zero-order valence-corrected chi connectivity index (χ0v) is 19.5. The molecule has 31 heavy (non-hydrogen) atoms. The van der Waals surface area contributed by atoms with Crippen molar-refractivity contribution < 1.29 is 4.42 Å². The minimum atomic E-state index is 0.0191. The summed E-state index contributed by atoms with van der Waals surface area (Å²) in [6, 6.07) is 12.5. The third kappa shape index (κ3) is 4.52. The van der Waals surface area contributed by atoms with Gasteiger partial charge in [0.1, 0.15) is 5.76 Å². The number of aromatic nitrogens is 2. The van der Waals surface area contributed by atoms with Gasteiger partial charge in [0.2, 0.25) is 0 Å². The van der Waals surface area contributed by atoms with Gasteiger partial charge in [-0.25, -0.2) is 0 Å². The first-order chi connectivity index (χ1) is 15.0. The van der Waals surface area contributed by atoms with Crippen LogP contribution in [-0.2, 0) is 6.54 Å². The number of rotatable bonds is 8. The number of hydrogen-bond donors (Lipinski definition) is 1. The third-order valence-electron chi connectivity index (χ3n) is 6.03. The molecule has 1 fully saturated rings. The minimum absolute atomic E-state index is 0.0191. The standard InChI is InChI=1S/C24H31N5OS/c1-17-15-20(18(2)29(17)16-19-9-7-14-30-19)23-22(21-10-5-6-11-25-21)26-24(31)28(23)13-8-12-27(3)4/h5-7,9-11,14-15,22-23H,8,12-13,16H2,1-4H3,(H,26,31)/t22-,23+/m1/s1. The molecular formula is C24H31N5OS. The van der Waals surface area contributed by atoms with E-state index in [0.29, 0.717) is 0 Å². The first-order valence-electron chi connectivity index (χ1n) is 10.8. The van der Waals surface area contributed by atoms with E-state index in [1.807, 2.05) is 30.5 Å². The van der Waals surface area contributed by atoms with Crippen LogP contribution in [0, 0.1) is 13.8 Å². The maximum atomic E-state index is 5.80. The van der Waals surface area contributed by atoms with Crippen molar-refractivity contribution >= 4 is 17.3 Å². The van der Waals surface area contributed by atoms with Gasteiger partial charge in [-0.3, -0.25) is 4.98 Å². The summed E-state index contributed by atoms with van der Waals surface area (Å²) in [5.41, 5.74) is 4.76. The number of pyridine rings is 1. The number of aryl methyl sites for hydroxylation is 1. The highest BCUT2D eigenvalue weighted by molar-refractivity contribution is 7.80. The summed E-state index contributed by atoms with van der Waals surface area (Å²) in [5, 5.41) is 4.36. The monoisotopic (exact) mass is 437 g/mol. The molecule has 0 aromatic carbocycles. The molecule has 0 saturated carbocycles. The lowest BCUT2D eigenvalue weighted by molar-refractivity contribution is 0.292. The van der Waals surface area contributed by atoms with Crippen molar-refractivity contribution in [3.63, 3.8) is 0 Å². The van der Waals surface area contributed by atoms with Crippen molar-refractivity contribution in [3.8, 4) is 0 Å². The lowest BCUT2D eigenvalue weighted by Crippen LogP contribution is -2.32. The molecule has 4 rings (SSSR count). The van der Waals surface area contributed by atoms with Gasteiger partial charge in [-0.1, -0.05) is 6.07 Å². The van der Waals surface area contributed by atoms with E-state index in [-0.39, 0.29) is 12.1 Å². The van der Waals surface area contributed by atoms with Crippen LogP contribution < -0.4 is 5.32 Å². The van der Waals surface area contributed by atoms with E-state index in [4.69, 9.17) is 16.6 Å². The summed E-state index contributed by atoms with van der Waals surface area (Å²) in [6.07, 6.45) is 4.63. The molecule has 4 heterocycles. The average Bonchev–Trinajstić information content (AvgIpc) is 3.44. The van der Waals surface area contributed by atoms with E-state index in [1.165, 1.54) is 17.0 Å². The summed E-state index contributed by atoms with van der Waals surface area (Å²) in [5.74, 6) is 0.956. The molecule has 0 amide bonds. The van der Waals surface area contributed by atoms with E-state index < -0.39 is 0 Å². The number of furan rings is 1. The molecule has 0 bridgehead atoms. The summed E-state index contributed by atoms with van der Waals surface area (Å²) in [4.78, 5) is 9.21. The normalized spacial score (nSPS) is 18.7. The molecular weight excluding hydrogens is 406 g/mol. The van der Waals surface area contributed by atoms with Crippen LogP contribution in [0.2, 0.25) is 0 Å². The molecule has 0 radical (unpaired) electrons. The van der Waals surface area contributed by atoms with Crippen LogP contribution in [0.1, 0.15) is 46.9 Å². The Bertz CT molecular complexity index is 1010. The van der Waals surface area contributed by atoms with Gasteiger partial charge in [0.05, 0.1) is 30.6 Å². The van der Waals surface area contributed by atoms with Gasteiger partial charge in [-0.2, -0.15) is 0 Å². The van der Waals surface area contributed by atoms with E-state index in [2.05, 4.69) is 64.7 Å². The Morgan fingerprint density at radius 1 is 1.19 bits per heavy atom. The summed E-state index contributed by atoms with van der Waals surface area (Å²) >= 11 is 5.80. The van der Waals surface area contributed by atoms with Gasteiger partial charge in [0.15, 0.2) is 5.11 Å². The number of hydrogen-bond acceptors (Lipinski definition) is 4. The van der Waals surface area contributed by atoms with Crippen LogP contribution in [0.15, 0.2) is 53.3 Å². The molecule has 0 aliphatic carbocycles. The van der Waals surface area contributed by atoms with Gasteiger partial charge in [0, 0.05) is 24.1 Å². The number of nitrogens with one attached hydrogen (secondary N) is 1. The Labute approximate surface area is 189 Å². The second-order valence-electron chi connectivity index (χ2n) is 8.47. The second-order valence-corrected chi connectivity index (χ2v) is 8.86. The zero-order chi connectivity index (χ0) is 22.0. The summed E-state index contributed by atoms with van der Waals surface area (Å²) in [6.45, 7) is 7.01. The Hall–Kier alpha value is -2.64. The molecule has 2 atom stereocenters. The highest BCUT2D eigenvalue weighted by Crippen LogP contribution is 2.41. The van der Waals surface area contributed by atoms with Crippen molar-refractivity contribution in [1.82, 2.24) is 24.7 Å². The van der Waals surface area contributed by atoms with Crippen LogP contribution in [0.3, 0.4) is 0 Å². The predicted molar refractivity (Wildman–Crippen MR) is 127 cm³/mol. The molecule has 6 nitrogen and oxygen atoms in total. The molecule has 1 saturated heterocycles. The molecule has 3 aromatic heterocycles. The van der Waals surface area contributed by atoms with Crippen LogP contribution in [0.4, 0.5) is 0 Å². The lowest BCUT2D eigenvalue weighted by Gasteiger charge is -2.28. The quantitative estimate of drug-likeness (QED) is 0.536. The van der Waals surface area contributed by atoms with Crippen LogP contribution in [-0.4, -0.2) is 51.6 Å². The van der Waals surface area contributed by atoms with Gasteiger partial charge in [0.25, 0.3) is 0 Å². The molecule has 0 spiro atoms. The third-order valence-corrected chi connectivity index (χ3v) is 6.38.